The second-order valence-electron chi connectivity index (χ2n) is 9.05. The number of ether oxygens (including phenoxy) is 2. The third-order valence-corrected chi connectivity index (χ3v) is 6.59. The minimum Gasteiger partial charge on any atom is -0.496 e. The summed E-state index contributed by atoms with van der Waals surface area (Å²) in [6.45, 7) is 1.94. The smallest absolute Gasteiger partial charge is 0.303 e. The molecule has 5 nitrogen and oxygen atoms in total. The van der Waals surface area contributed by atoms with Gasteiger partial charge >= 0.3 is 5.97 Å². The van der Waals surface area contributed by atoms with Gasteiger partial charge in [0.15, 0.2) is 0 Å². The number of carbonyl (C=O) groups is 1. The van der Waals surface area contributed by atoms with E-state index in [9.17, 15) is 9.90 Å². The SMILES string of the molecule is COc1cc(C(O)C(CCCc2ccccc2)Cc2ccc(CCC(=O)O)cc2)cc(OC)c1C. The Labute approximate surface area is 208 Å². The highest BCUT2D eigenvalue weighted by molar-refractivity contribution is 5.67. The van der Waals surface area contributed by atoms with Gasteiger partial charge in [-0.05, 0) is 79.3 Å². The molecule has 3 aromatic rings. The monoisotopic (exact) mass is 476 g/mol. The van der Waals surface area contributed by atoms with Crippen LogP contribution in [-0.4, -0.2) is 30.4 Å². The molecular formula is C30H36O5. The molecule has 0 aliphatic rings. The Morgan fingerprint density at radius 2 is 1.43 bits per heavy atom. The number of aryl methyl sites for hydroxylation is 2. The zero-order valence-corrected chi connectivity index (χ0v) is 20.9. The molecule has 2 atom stereocenters. The van der Waals surface area contributed by atoms with Crippen LogP contribution in [0.3, 0.4) is 0 Å². The number of aliphatic hydroxyl groups is 1. The average Bonchev–Trinajstić information content (AvgIpc) is 2.88. The molecule has 0 aliphatic carbocycles. The van der Waals surface area contributed by atoms with Crippen molar-refractivity contribution in [1.82, 2.24) is 0 Å². The van der Waals surface area contributed by atoms with E-state index in [0.29, 0.717) is 24.3 Å². The molecule has 3 aromatic carbocycles. The van der Waals surface area contributed by atoms with Crippen molar-refractivity contribution in [3.8, 4) is 11.5 Å². The van der Waals surface area contributed by atoms with Crippen molar-refractivity contribution in [2.45, 2.75) is 51.6 Å². The standard InChI is InChI=1S/C30H36O5/c1-21-27(34-2)19-26(20-28(21)35-3)30(33)25(11-7-10-22-8-5-4-6-9-22)18-24-14-12-23(13-15-24)16-17-29(31)32/h4-6,8-9,12-15,19-20,25,30,33H,7,10-11,16-18H2,1-3H3,(H,31,32). The molecule has 2 N–H and O–H groups in total. The van der Waals surface area contributed by atoms with E-state index in [-0.39, 0.29) is 12.3 Å². The summed E-state index contributed by atoms with van der Waals surface area (Å²) in [6, 6.07) is 22.3. The van der Waals surface area contributed by atoms with Crippen molar-refractivity contribution >= 4 is 5.97 Å². The average molecular weight is 477 g/mol. The third-order valence-electron chi connectivity index (χ3n) is 6.59. The Bertz CT molecular complexity index is 1050. The van der Waals surface area contributed by atoms with E-state index in [1.165, 1.54) is 5.56 Å². The maximum absolute atomic E-state index is 11.5. The van der Waals surface area contributed by atoms with Gasteiger partial charge < -0.3 is 19.7 Å². The van der Waals surface area contributed by atoms with Crippen LogP contribution in [0.1, 0.15) is 53.2 Å². The molecule has 3 rings (SSSR count). The Kier molecular flexibility index (Phi) is 9.74. The van der Waals surface area contributed by atoms with Gasteiger partial charge in [-0.1, -0.05) is 54.6 Å². The van der Waals surface area contributed by atoms with Crippen molar-refractivity contribution in [3.05, 3.63) is 94.5 Å². The second-order valence-corrected chi connectivity index (χ2v) is 9.05. The lowest BCUT2D eigenvalue weighted by Crippen LogP contribution is -2.16. The topological polar surface area (TPSA) is 76.0 Å². The molecule has 0 aliphatic heterocycles. The zero-order valence-electron chi connectivity index (χ0n) is 20.9. The molecule has 0 heterocycles. The fraction of sp³-hybridized carbons (Fsp3) is 0.367. The van der Waals surface area contributed by atoms with Crippen molar-refractivity contribution in [1.29, 1.82) is 0 Å². The summed E-state index contributed by atoms with van der Waals surface area (Å²) >= 11 is 0. The summed E-state index contributed by atoms with van der Waals surface area (Å²) in [5.41, 5.74) is 5.11. The van der Waals surface area contributed by atoms with E-state index in [1.54, 1.807) is 14.2 Å². The number of benzene rings is 3. The summed E-state index contributed by atoms with van der Waals surface area (Å²) in [5.74, 6) is 0.605. The lowest BCUT2D eigenvalue weighted by molar-refractivity contribution is -0.136. The number of aliphatic hydroxyl groups excluding tert-OH is 1. The molecule has 5 heteroatoms. The molecule has 0 aromatic heterocycles. The highest BCUT2D eigenvalue weighted by Crippen LogP contribution is 2.36. The zero-order chi connectivity index (χ0) is 25.2. The summed E-state index contributed by atoms with van der Waals surface area (Å²) in [7, 11) is 3.25. The normalized spacial score (nSPS) is 12.7. The molecule has 0 spiro atoms. The summed E-state index contributed by atoms with van der Waals surface area (Å²) in [6.07, 6.45) is 3.45. The van der Waals surface area contributed by atoms with Crippen molar-refractivity contribution in [3.63, 3.8) is 0 Å². The Morgan fingerprint density at radius 1 is 0.857 bits per heavy atom. The summed E-state index contributed by atoms with van der Waals surface area (Å²) in [4.78, 5) is 10.9. The summed E-state index contributed by atoms with van der Waals surface area (Å²) < 4.78 is 11.1. The van der Waals surface area contributed by atoms with Crippen molar-refractivity contribution < 1.29 is 24.5 Å². The van der Waals surface area contributed by atoms with Gasteiger partial charge in [-0.25, -0.2) is 0 Å². The van der Waals surface area contributed by atoms with Crippen molar-refractivity contribution in [2.24, 2.45) is 5.92 Å². The molecule has 0 radical (unpaired) electrons. The number of carboxylic acids is 1. The number of hydrogen-bond donors (Lipinski definition) is 2. The molecule has 2 unspecified atom stereocenters. The van der Waals surface area contributed by atoms with Crippen LogP contribution < -0.4 is 9.47 Å². The molecule has 0 saturated carbocycles. The molecule has 0 saturated heterocycles. The van der Waals surface area contributed by atoms with Crippen LogP contribution in [0, 0.1) is 12.8 Å². The van der Waals surface area contributed by atoms with Gasteiger partial charge in [0.1, 0.15) is 11.5 Å². The minimum absolute atomic E-state index is 0.000648. The number of aliphatic carboxylic acids is 1. The molecule has 0 fully saturated rings. The molecule has 186 valence electrons. The first-order valence-electron chi connectivity index (χ1n) is 12.2. The molecule has 35 heavy (non-hydrogen) atoms. The van der Waals surface area contributed by atoms with E-state index in [1.807, 2.05) is 49.4 Å². The quantitative estimate of drug-likeness (QED) is 0.319. The van der Waals surface area contributed by atoms with Crippen LogP contribution in [0.5, 0.6) is 11.5 Å². The van der Waals surface area contributed by atoms with Gasteiger partial charge in [0.25, 0.3) is 0 Å². The van der Waals surface area contributed by atoms with Crippen LogP contribution in [0.4, 0.5) is 0 Å². The number of hydrogen-bond acceptors (Lipinski definition) is 4. The van der Waals surface area contributed by atoms with Crippen LogP contribution in [0.15, 0.2) is 66.7 Å². The van der Waals surface area contributed by atoms with Crippen LogP contribution >= 0.6 is 0 Å². The minimum atomic E-state index is -0.792. The lowest BCUT2D eigenvalue weighted by atomic mass is 9.85. The highest BCUT2D eigenvalue weighted by atomic mass is 16.5. The Morgan fingerprint density at radius 3 is 2.00 bits per heavy atom. The van der Waals surface area contributed by atoms with Crippen LogP contribution in [0.2, 0.25) is 0 Å². The number of methoxy groups -OCH3 is 2. The van der Waals surface area contributed by atoms with Crippen LogP contribution in [0.25, 0.3) is 0 Å². The van der Waals surface area contributed by atoms with E-state index in [0.717, 1.165) is 41.5 Å². The van der Waals surface area contributed by atoms with Gasteiger partial charge in [-0.15, -0.1) is 0 Å². The summed E-state index contributed by atoms with van der Waals surface area (Å²) in [5, 5.41) is 20.4. The predicted molar refractivity (Wildman–Crippen MR) is 138 cm³/mol. The van der Waals surface area contributed by atoms with E-state index in [2.05, 4.69) is 24.3 Å². The van der Waals surface area contributed by atoms with Gasteiger partial charge in [0, 0.05) is 12.0 Å². The fourth-order valence-corrected chi connectivity index (χ4v) is 4.53. The number of carboxylic acid groups (broad SMARTS) is 1. The van der Waals surface area contributed by atoms with Gasteiger partial charge in [-0.2, -0.15) is 0 Å². The Hall–Kier alpha value is -3.31. The fourth-order valence-electron chi connectivity index (χ4n) is 4.53. The molecule has 0 amide bonds. The molecule has 0 bridgehead atoms. The maximum atomic E-state index is 11.5. The van der Waals surface area contributed by atoms with Crippen LogP contribution in [-0.2, 0) is 24.1 Å². The molecular weight excluding hydrogens is 440 g/mol. The second kappa shape index (κ2) is 13.0. The van der Waals surface area contributed by atoms with E-state index >= 15 is 0 Å². The first kappa shape index (κ1) is 26.3. The largest absolute Gasteiger partial charge is 0.496 e. The van der Waals surface area contributed by atoms with Gasteiger partial charge in [0.2, 0.25) is 0 Å². The Balaban J connectivity index is 1.79. The highest BCUT2D eigenvalue weighted by Gasteiger charge is 2.24. The first-order valence-corrected chi connectivity index (χ1v) is 12.2. The van der Waals surface area contributed by atoms with Crippen molar-refractivity contribution in [2.75, 3.05) is 14.2 Å². The van der Waals surface area contributed by atoms with Gasteiger partial charge in [-0.3, -0.25) is 4.79 Å². The van der Waals surface area contributed by atoms with E-state index in [4.69, 9.17) is 14.6 Å². The first-order chi connectivity index (χ1) is 16.9. The third kappa shape index (κ3) is 7.59. The maximum Gasteiger partial charge on any atom is 0.303 e. The van der Waals surface area contributed by atoms with Gasteiger partial charge in [0.05, 0.1) is 20.3 Å². The lowest BCUT2D eigenvalue weighted by Gasteiger charge is -2.25. The number of rotatable bonds is 13. The predicted octanol–water partition coefficient (Wildman–Crippen LogP) is 5.94. The van der Waals surface area contributed by atoms with E-state index < -0.39 is 12.1 Å².